The Balaban J connectivity index is 1.84. The van der Waals surface area contributed by atoms with Crippen LogP contribution in [0.15, 0.2) is 23.8 Å². The second kappa shape index (κ2) is 7.10. The number of hydrogen-bond donors (Lipinski definition) is 2. The lowest BCUT2D eigenvalue weighted by atomic mass is 9.46. The van der Waals surface area contributed by atoms with Gasteiger partial charge in [-0.3, -0.25) is 0 Å². The van der Waals surface area contributed by atoms with E-state index in [0.717, 1.165) is 25.7 Å². The van der Waals surface area contributed by atoms with Crippen molar-refractivity contribution in [2.45, 2.75) is 64.8 Å². The van der Waals surface area contributed by atoms with Gasteiger partial charge >= 0.3 is 5.97 Å². The molecule has 2 N–H and O–H groups in total. The Morgan fingerprint density at radius 3 is 2.73 bits per heavy atom. The van der Waals surface area contributed by atoms with Gasteiger partial charge in [0.2, 0.25) is 6.29 Å². The molecule has 5 heteroatoms. The van der Waals surface area contributed by atoms with Crippen LogP contribution in [-0.2, 0) is 14.3 Å². The highest BCUT2D eigenvalue weighted by Gasteiger charge is 2.57. The number of methoxy groups -OCH3 is 1. The molecule has 1 heterocycles. The predicted molar refractivity (Wildman–Crippen MR) is 98.1 cm³/mol. The number of aliphatic hydroxyl groups is 2. The van der Waals surface area contributed by atoms with Gasteiger partial charge in [-0.1, -0.05) is 32.1 Å². The summed E-state index contributed by atoms with van der Waals surface area (Å²) in [6.45, 7) is 8.61. The lowest BCUT2D eigenvalue weighted by Crippen LogP contribution is -2.57. The van der Waals surface area contributed by atoms with E-state index in [9.17, 15) is 15.0 Å². The molecule has 1 saturated heterocycles. The van der Waals surface area contributed by atoms with Crippen LogP contribution in [0.2, 0.25) is 0 Å². The van der Waals surface area contributed by atoms with E-state index < -0.39 is 17.8 Å². The van der Waals surface area contributed by atoms with Crippen LogP contribution in [0.5, 0.6) is 0 Å². The number of carbonyl (C=O) groups excluding carboxylic acids is 1. The first-order chi connectivity index (χ1) is 12.3. The largest absolute Gasteiger partial charge is 0.432 e. The van der Waals surface area contributed by atoms with Crippen LogP contribution in [0.25, 0.3) is 0 Å². The van der Waals surface area contributed by atoms with Gasteiger partial charge in [-0.2, -0.15) is 0 Å². The third-order valence-corrected chi connectivity index (χ3v) is 7.44. The van der Waals surface area contributed by atoms with Crippen molar-refractivity contribution in [2.75, 3.05) is 13.7 Å². The molecule has 2 saturated carbocycles. The van der Waals surface area contributed by atoms with E-state index in [0.29, 0.717) is 18.4 Å². The van der Waals surface area contributed by atoms with Crippen LogP contribution in [0.4, 0.5) is 0 Å². The van der Waals surface area contributed by atoms with Gasteiger partial charge in [0, 0.05) is 24.5 Å². The van der Waals surface area contributed by atoms with Crippen LogP contribution in [0.3, 0.4) is 0 Å². The van der Waals surface area contributed by atoms with Crippen molar-refractivity contribution >= 4 is 5.97 Å². The Hall–Kier alpha value is -1.17. The molecule has 0 aromatic carbocycles. The quantitative estimate of drug-likeness (QED) is 0.456. The fourth-order valence-corrected chi connectivity index (χ4v) is 5.69. The molecular weight excluding hydrogens is 332 g/mol. The van der Waals surface area contributed by atoms with Crippen LogP contribution in [-0.4, -0.2) is 42.3 Å². The molecule has 0 amide bonds. The van der Waals surface area contributed by atoms with E-state index in [4.69, 9.17) is 9.47 Å². The minimum Gasteiger partial charge on any atom is -0.432 e. The van der Waals surface area contributed by atoms with Gasteiger partial charge in [0.15, 0.2) is 0 Å². The Bertz CT molecular complexity index is 612. The van der Waals surface area contributed by atoms with Crippen molar-refractivity contribution in [3.63, 3.8) is 0 Å². The van der Waals surface area contributed by atoms with Gasteiger partial charge in [0.1, 0.15) is 0 Å². The Kier molecular flexibility index (Phi) is 5.35. The van der Waals surface area contributed by atoms with Crippen molar-refractivity contribution in [1.82, 2.24) is 0 Å². The highest BCUT2D eigenvalue weighted by molar-refractivity contribution is 5.90. The molecule has 3 fully saturated rings. The van der Waals surface area contributed by atoms with Crippen molar-refractivity contribution in [1.29, 1.82) is 0 Å². The molecule has 146 valence electrons. The number of aliphatic hydroxyl groups excluding tert-OH is 2. The average Bonchev–Trinajstić information content (AvgIpc) is 2.98. The lowest BCUT2D eigenvalue weighted by Gasteiger charge is -2.59. The van der Waals surface area contributed by atoms with Crippen molar-refractivity contribution < 1.29 is 24.5 Å². The molecule has 26 heavy (non-hydrogen) atoms. The highest BCUT2D eigenvalue weighted by Crippen LogP contribution is 2.61. The van der Waals surface area contributed by atoms with Gasteiger partial charge in [0.05, 0.1) is 12.7 Å². The summed E-state index contributed by atoms with van der Waals surface area (Å²) in [6, 6.07) is 0. The van der Waals surface area contributed by atoms with Gasteiger partial charge in [0.25, 0.3) is 0 Å². The van der Waals surface area contributed by atoms with E-state index in [2.05, 4.69) is 13.5 Å². The van der Waals surface area contributed by atoms with Crippen LogP contribution in [0.1, 0.15) is 52.4 Å². The summed E-state index contributed by atoms with van der Waals surface area (Å²) in [5.74, 6) is 0.181. The standard InChI is InChI=1S/C21H32O5/c1-13-5-8-16-20(2,10-9-17(23)21(16,3)12-22)15(13)7-6-14-11-18(25-4)26-19(14)24/h6,15-18,22-23H,1,5,7-12H2,2-4H3/b14-6+/t15-,16+,17-,18+,20+,21+/m1/s1. The average molecular weight is 364 g/mol. The zero-order valence-electron chi connectivity index (χ0n) is 16.2. The molecule has 0 unspecified atom stereocenters. The molecule has 0 aromatic heterocycles. The monoisotopic (exact) mass is 364 g/mol. The van der Waals surface area contributed by atoms with E-state index >= 15 is 0 Å². The second-order valence-corrected chi connectivity index (χ2v) is 8.77. The molecule has 1 aliphatic heterocycles. The fraction of sp³-hybridized carbons (Fsp3) is 0.762. The summed E-state index contributed by atoms with van der Waals surface area (Å²) < 4.78 is 10.3. The second-order valence-electron chi connectivity index (χ2n) is 8.77. The number of esters is 1. The fourth-order valence-electron chi connectivity index (χ4n) is 5.69. The SMILES string of the molecule is C=C1CC[C@@H]2[C@](C)(CO)[C@H](O)CC[C@@]2(C)[C@@H]1C/C=C1\C[C@@H](OC)OC1=O. The molecule has 2 aliphatic carbocycles. The first-order valence-corrected chi connectivity index (χ1v) is 9.65. The Labute approximate surface area is 156 Å². The number of fused-ring (bicyclic) bond motifs is 1. The van der Waals surface area contributed by atoms with E-state index in [1.807, 2.05) is 13.0 Å². The maximum Gasteiger partial charge on any atom is 0.336 e. The number of ether oxygens (including phenoxy) is 2. The Morgan fingerprint density at radius 2 is 2.12 bits per heavy atom. The molecular formula is C21H32O5. The number of rotatable bonds is 4. The molecule has 0 bridgehead atoms. The topological polar surface area (TPSA) is 76.0 Å². The number of cyclic esters (lactones) is 1. The van der Waals surface area contributed by atoms with Crippen LogP contribution >= 0.6 is 0 Å². The normalized spacial score (nSPS) is 44.9. The molecule has 6 atom stereocenters. The minimum absolute atomic E-state index is 0.00342. The van der Waals surface area contributed by atoms with Gasteiger partial charge in [-0.15, -0.1) is 0 Å². The van der Waals surface area contributed by atoms with Crippen molar-refractivity contribution in [2.24, 2.45) is 22.7 Å². The van der Waals surface area contributed by atoms with E-state index in [1.165, 1.54) is 5.57 Å². The summed E-state index contributed by atoms with van der Waals surface area (Å²) in [6.07, 6.45) is 5.73. The summed E-state index contributed by atoms with van der Waals surface area (Å²) in [5.41, 5.74) is 1.38. The first-order valence-electron chi connectivity index (χ1n) is 9.65. The zero-order chi connectivity index (χ0) is 19.1. The molecule has 3 aliphatic rings. The maximum absolute atomic E-state index is 12.0. The van der Waals surface area contributed by atoms with Gasteiger partial charge < -0.3 is 19.7 Å². The minimum atomic E-state index is -0.480. The van der Waals surface area contributed by atoms with Gasteiger partial charge in [-0.05, 0) is 49.4 Å². The smallest absolute Gasteiger partial charge is 0.336 e. The zero-order valence-corrected chi connectivity index (χ0v) is 16.2. The summed E-state index contributed by atoms with van der Waals surface area (Å²) >= 11 is 0. The van der Waals surface area contributed by atoms with E-state index in [-0.39, 0.29) is 29.8 Å². The van der Waals surface area contributed by atoms with Crippen molar-refractivity contribution in [3.8, 4) is 0 Å². The third kappa shape index (κ3) is 3.04. The van der Waals surface area contributed by atoms with E-state index in [1.54, 1.807) is 7.11 Å². The molecule has 0 radical (unpaired) electrons. The predicted octanol–water partition coefficient (Wildman–Crippen LogP) is 2.96. The van der Waals surface area contributed by atoms with Crippen LogP contribution < -0.4 is 0 Å². The first kappa shape index (κ1) is 19.6. The molecule has 0 spiro atoms. The number of allylic oxidation sites excluding steroid dienone is 2. The third-order valence-electron chi connectivity index (χ3n) is 7.44. The summed E-state index contributed by atoms with van der Waals surface area (Å²) in [7, 11) is 1.54. The van der Waals surface area contributed by atoms with Crippen LogP contribution in [0, 0.1) is 22.7 Å². The summed E-state index contributed by atoms with van der Waals surface area (Å²) in [5, 5.41) is 20.6. The number of hydrogen-bond acceptors (Lipinski definition) is 5. The maximum atomic E-state index is 12.0. The van der Waals surface area contributed by atoms with Crippen molar-refractivity contribution in [3.05, 3.63) is 23.8 Å². The van der Waals surface area contributed by atoms with Gasteiger partial charge in [-0.25, -0.2) is 4.79 Å². The molecule has 5 nitrogen and oxygen atoms in total. The lowest BCUT2D eigenvalue weighted by molar-refractivity contribution is -0.156. The number of carbonyl (C=O) groups is 1. The highest BCUT2D eigenvalue weighted by atomic mass is 16.7. The molecule has 3 rings (SSSR count). The summed E-state index contributed by atoms with van der Waals surface area (Å²) in [4.78, 5) is 12.0. The Morgan fingerprint density at radius 1 is 1.38 bits per heavy atom. The molecule has 0 aromatic rings.